The Morgan fingerprint density at radius 1 is 1.38 bits per heavy atom. The van der Waals surface area contributed by atoms with Crippen LogP contribution in [0, 0.1) is 18.3 Å². The van der Waals surface area contributed by atoms with Crippen LogP contribution in [0.4, 0.5) is 5.69 Å². The van der Waals surface area contributed by atoms with Crippen molar-refractivity contribution < 1.29 is 14.3 Å². The van der Waals surface area contributed by atoms with Crippen molar-refractivity contribution in [3.05, 3.63) is 28.3 Å². The van der Waals surface area contributed by atoms with Gasteiger partial charge in [0.2, 0.25) is 0 Å². The van der Waals surface area contributed by atoms with Crippen LogP contribution in [-0.4, -0.2) is 19.0 Å². The van der Waals surface area contributed by atoms with E-state index in [1.54, 1.807) is 14.0 Å². The molecule has 0 radical (unpaired) electrons. The third-order valence-corrected chi connectivity index (χ3v) is 2.50. The predicted molar refractivity (Wildman–Crippen MR) is 55.2 cm³/mol. The van der Waals surface area contributed by atoms with Gasteiger partial charge in [-0.1, -0.05) is 0 Å². The van der Waals surface area contributed by atoms with E-state index in [1.165, 1.54) is 6.07 Å². The largest absolute Gasteiger partial charge is 0.386 e. The van der Waals surface area contributed by atoms with E-state index in [9.17, 15) is 9.59 Å². The van der Waals surface area contributed by atoms with Crippen molar-refractivity contribution in [3.8, 4) is 6.07 Å². The van der Waals surface area contributed by atoms with E-state index in [4.69, 9.17) is 5.26 Å². The molecule has 80 valence electrons. The molecule has 0 aliphatic carbocycles. The highest BCUT2D eigenvalue weighted by molar-refractivity contribution is 6.18. The van der Waals surface area contributed by atoms with E-state index in [0.29, 0.717) is 16.8 Å². The number of rotatable bonds is 1. The molecule has 0 spiro atoms. The molecule has 1 N–H and O–H groups in total. The molecule has 1 aromatic rings. The molecular weight excluding hydrogens is 208 g/mol. The van der Waals surface area contributed by atoms with Gasteiger partial charge >= 0.3 is 11.9 Å². The van der Waals surface area contributed by atoms with Crippen molar-refractivity contribution in [2.24, 2.45) is 0 Å². The molecule has 0 amide bonds. The molecule has 0 atom stereocenters. The maximum atomic E-state index is 11.4. The molecule has 5 nitrogen and oxygen atoms in total. The Morgan fingerprint density at radius 3 is 2.62 bits per heavy atom. The summed E-state index contributed by atoms with van der Waals surface area (Å²) < 4.78 is 4.50. The van der Waals surface area contributed by atoms with Gasteiger partial charge in [0.1, 0.15) is 6.07 Å². The number of hydrogen-bond donors (Lipinski definition) is 1. The standard InChI is InChI=1S/C11H8N2O3/c1-5-3-6-8(11(15)16-10(6)14)9(13-2)7(5)4-12/h3,13H,1-2H3. The molecule has 0 unspecified atom stereocenters. The topological polar surface area (TPSA) is 79.2 Å². The number of benzene rings is 1. The number of aryl methyl sites for hydroxylation is 1. The van der Waals surface area contributed by atoms with Gasteiger partial charge in [0.05, 0.1) is 22.4 Å². The summed E-state index contributed by atoms with van der Waals surface area (Å²) in [6.45, 7) is 1.70. The Balaban J connectivity index is 2.85. The van der Waals surface area contributed by atoms with Crippen molar-refractivity contribution in [2.45, 2.75) is 6.92 Å². The fourth-order valence-electron chi connectivity index (χ4n) is 1.77. The molecule has 1 heterocycles. The zero-order chi connectivity index (χ0) is 11.9. The lowest BCUT2D eigenvalue weighted by Crippen LogP contribution is -2.04. The molecule has 0 fully saturated rings. The van der Waals surface area contributed by atoms with E-state index in [1.807, 2.05) is 6.07 Å². The molecular formula is C11H8N2O3. The number of cyclic esters (lactones) is 2. The Morgan fingerprint density at radius 2 is 2.06 bits per heavy atom. The molecule has 0 aromatic heterocycles. The number of nitriles is 1. The van der Waals surface area contributed by atoms with Gasteiger partial charge in [-0.15, -0.1) is 0 Å². The zero-order valence-corrected chi connectivity index (χ0v) is 8.75. The first kappa shape index (κ1) is 10.2. The van der Waals surface area contributed by atoms with Gasteiger partial charge in [0.25, 0.3) is 0 Å². The Labute approximate surface area is 91.6 Å². The van der Waals surface area contributed by atoms with Crippen LogP contribution in [0.25, 0.3) is 0 Å². The van der Waals surface area contributed by atoms with Gasteiger partial charge in [-0.05, 0) is 18.6 Å². The smallest absolute Gasteiger partial charge is 0.349 e. The SMILES string of the molecule is CNc1c(C#N)c(C)cc2c1C(=O)OC2=O. The first-order valence-electron chi connectivity index (χ1n) is 4.62. The van der Waals surface area contributed by atoms with Gasteiger partial charge in [-0.25, -0.2) is 9.59 Å². The quantitative estimate of drug-likeness (QED) is 0.564. The van der Waals surface area contributed by atoms with Gasteiger partial charge in [0, 0.05) is 7.05 Å². The maximum Gasteiger partial charge on any atom is 0.349 e. The van der Waals surface area contributed by atoms with Crippen LogP contribution in [0.1, 0.15) is 31.8 Å². The van der Waals surface area contributed by atoms with E-state index in [2.05, 4.69) is 10.1 Å². The number of esters is 2. The lowest BCUT2D eigenvalue weighted by molar-refractivity contribution is 0.0444. The fraction of sp³-hybridized carbons (Fsp3) is 0.182. The van der Waals surface area contributed by atoms with Crippen molar-refractivity contribution in [3.63, 3.8) is 0 Å². The van der Waals surface area contributed by atoms with E-state index >= 15 is 0 Å². The van der Waals surface area contributed by atoms with Crippen molar-refractivity contribution in [1.82, 2.24) is 0 Å². The van der Waals surface area contributed by atoms with E-state index in [-0.39, 0.29) is 11.1 Å². The number of fused-ring (bicyclic) bond motifs is 1. The molecule has 5 heteroatoms. The highest BCUT2D eigenvalue weighted by Crippen LogP contribution is 2.32. The number of hydrogen-bond acceptors (Lipinski definition) is 5. The second kappa shape index (κ2) is 3.35. The molecule has 2 rings (SSSR count). The minimum atomic E-state index is -0.708. The van der Waals surface area contributed by atoms with Crippen molar-refractivity contribution in [1.29, 1.82) is 5.26 Å². The summed E-state index contributed by atoms with van der Waals surface area (Å²) >= 11 is 0. The molecule has 1 aliphatic rings. The fourth-order valence-corrected chi connectivity index (χ4v) is 1.77. The highest BCUT2D eigenvalue weighted by Gasteiger charge is 2.34. The van der Waals surface area contributed by atoms with Crippen molar-refractivity contribution >= 4 is 17.6 Å². The van der Waals surface area contributed by atoms with Crippen LogP contribution in [0.5, 0.6) is 0 Å². The summed E-state index contributed by atoms with van der Waals surface area (Å²) in [5, 5.41) is 11.7. The summed E-state index contributed by atoms with van der Waals surface area (Å²) in [7, 11) is 1.59. The van der Waals surface area contributed by atoms with Crippen LogP contribution >= 0.6 is 0 Å². The first-order chi connectivity index (χ1) is 7.60. The normalized spacial score (nSPS) is 13.1. The zero-order valence-electron chi connectivity index (χ0n) is 8.75. The van der Waals surface area contributed by atoms with Crippen LogP contribution in [0.3, 0.4) is 0 Å². The summed E-state index contributed by atoms with van der Waals surface area (Å²) in [5.74, 6) is -1.37. The van der Waals surface area contributed by atoms with Crippen LogP contribution in [0.2, 0.25) is 0 Å². The first-order valence-corrected chi connectivity index (χ1v) is 4.62. The minimum Gasteiger partial charge on any atom is -0.386 e. The third kappa shape index (κ3) is 1.17. The number of nitrogens with zero attached hydrogens (tertiary/aromatic N) is 1. The lowest BCUT2D eigenvalue weighted by Gasteiger charge is -2.08. The molecule has 16 heavy (non-hydrogen) atoms. The van der Waals surface area contributed by atoms with Crippen LogP contribution in [-0.2, 0) is 4.74 Å². The number of ether oxygens (including phenoxy) is 1. The van der Waals surface area contributed by atoms with Gasteiger partial charge in [-0.2, -0.15) is 5.26 Å². The average molecular weight is 216 g/mol. The Bertz CT molecular complexity index is 555. The van der Waals surface area contributed by atoms with Crippen LogP contribution in [0.15, 0.2) is 6.07 Å². The lowest BCUT2D eigenvalue weighted by atomic mass is 9.98. The second-order valence-corrected chi connectivity index (χ2v) is 3.40. The third-order valence-electron chi connectivity index (χ3n) is 2.50. The van der Waals surface area contributed by atoms with E-state index < -0.39 is 11.9 Å². The summed E-state index contributed by atoms with van der Waals surface area (Å²) in [5.41, 5.74) is 1.71. The molecule has 0 bridgehead atoms. The molecule has 0 saturated carbocycles. The molecule has 1 aromatic carbocycles. The monoisotopic (exact) mass is 216 g/mol. The number of nitrogens with one attached hydrogen (secondary N) is 1. The molecule has 0 saturated heterocycles. The number of carbonyl (C=O) groups is 2. The second-order valence-electron chi connectivity index (χ2n) is 3.40. The maximum absolute atomic E-state index is 11.4. The average Bonchev–Trinajstić information content (AvgIpc) is 2.52. The highest BCUT2D eigenvalue weighted by atomic mass is 16.6. The predicted octanol–water partition coefficient (Wildman–Crippen LogP) is 1.22. The Kier molecular flexibility index (Phi) is 2.13. The van der Waals surface area contributed by atoms with Gasteiger partial charge in [-0.3, -0.25) is 0 Å². The van der Waals surface area contributed by atoms with Crippen LogP contribution < -0.4 is 5.32 Å². The number of anilines is 1. The minimum absolute atomic E-state index is 0.148. The summed E-state index contributed by atoms with van der Waals surface area (Å²) in [6, 6.07) is 3.50. The van der Waals surface area contributed by atoms with E-state index in [0.717, 1.165) is 0 Å². The number of carbonyl (C=O) groups excluding carboxylic acids is 2. The summed E-state index contributed by atoms with van der Waals surface area (Å²) in [4.78, 5) is 22.8. The Hall–Kier alpha value is -2.35. The van der Waals surface area contributed by atoms with Gasteiger partial charge < -0.3 is 10.1 Å². The summed E-state index contributed by atoms with van der Waals surface area (Å²) in [6.07, 6.45) is 0. The van der Waals surface area contributed by atoms with Crippen molar-refractivity contribution in [2.75, 3.05) is 12.4 Å². The van der Waals surface area contributed by atoms with Gasteiger partial charge in [0.15, 0.2) is 0 Å². The molecule has 1 aliphatic heterocycles.